The van der Waals surface area contributed by atoms with Crippen LogP contribution in [0.1, 0.15) is 89.7 Å². The van der Waals surface area contributed by atoms with Gasteiger partial charge in [-0.15, -0.1) is 0 Å². The van der Waals surface area contributed by atoms with Crippen molar-refractivity contribution < 1.29 is 77.0 Å². The Bertz CT molecular complexity index is 2710. The minimum Gasteiger partial charge on any atom is -0.496 e. The second-order valence-corrected chi connectivity index (χ2v) is 23.9. The van der Waals surface area contributed by atoms with Crippen LogP contribution in [0.4, 0.5) is 0 Å². The van der Waals surface area contributed by atoms with E-state index in [-0.39, 0.29) is 21.7 Å². The lowest BCUT2D eigenvalue weighted by molar-refractivity contribution is -0.144. The Morgan fingerprint density at radius 2 is 1.56 bits per heavy atom. The van der Waals surface area contributed by atoms with E-state index in [1.54, 1.807) is 37.7 Å². The fourth-order valence-corrected chi connectivity index (χ4v) is 13.0. The maximum atomic E-state index is 15.3. The van der Waals surface area contributed by atoms with Crippen molar-refractivity contribution in [2.45, 2.75) is 149 Å². The molecule has 11 atom stereocenters. The van der Waals surface area contributed by atoms with E-state index >= 15 is 4.21 Å². The highest BCUT2D eigenvalue weighted by molar-refractivity contribution is 7.99. The Kier molecular flexibility index (Phi) is 23.8. The fourth-order valence-electron chi connectivity index (χ4n) is 10.4. The lowest BCUT2D eigenvalue weighted by Gasteiger charge is -2.32. The van der Waals surface area contributed by atoms with Crippen molar-refractivity contribution in [3.63, 3.8) is 0 Å². The van der Waals surface area contributed by atoms with Gasteiger partial charge in [-0.1, -0.05) is 33.6 Å². The largest absolute Gasteiger partial charge is 0.496 e. The number of amides is 10. The number of unbranched alkanes of at least 4 members (excludes halogenated alkanes) is 2. The number of nitrogens with two attached hydrogens (primary N) is 2. The Balaban J connectivity index is 1.50. The number of H-pyrrole nitrogens is 1. The number of methoxy groups -OCH3 is 1. The number of primary amides is 1. The number of fused-ring (bicyclic) bond motifs is 5. The third-order valence-electron chi connectivity index (χ3n) is 15.4. The van der Waals surface area contributed by atoms with Crippen LogP contribution in [0.25, 0.3) is 10.9 Å². The monoisotopic (exact) mass is 1190 g/mol. The van der Waals surface area contributed by atoms with Gasteiger partial charge in [-0.25, -0.2) is 5.90 Å². The van der Waals surface area contributed by atoms with Gasteiger partial charge in [0, 0.05) is 66.8 Å². The smallest absolute Gasteiger partial charge is 0.246 e. The van der Waals surface area contributed by atoms with E-state index in [4.69, 9.17) is 16.4 Å². The molecule has 30 heteroatoms. The number of aromatic nitrogens is 1. The van der Waals surface area contributed by atoms with E-state index < -0.39 is 176 Å². The summed E-state index contributed by atoms with van der Waals surface area (Å²) >= 11 is 1.59. The summed E-state index contributed by atoms with van der Waals surface area (Å²) in [5.74, 6) is -5.96. The molecule has 0 aliphatic carbocycles. The topological polar surface area (TPSA) is 425 Å². The first-order chi connectivity index (χ1) is 39.1. The molecular formula is C52H78N12O16S2. The molecule has 28 nitrogen and oxygen atoms in total. The quantitative estimate of drug-likeness (QED) is 0.0531. The number of likely N-dealkylation sites (tertiary alicyclic amines) is 1. The van der Waals surface area contributed by atoms with Crippen molar-refractivity contribution in [2.75, 3.05) is 58.8 Å². The predicted molar refractivity (Wildman–Crippen MR) is 297 cm³/mol. The van der Waals surface area contributed by atoms with Crippen molar-refractivity contribution in [2.24, 2.45) is 23.5 Å². The third kappa shape index (κ3) is 16.6. The second-order valence-electron chi connectivity index (χ2n) is 21.2. The van der Waals surface area contributed by atoms with Gasteiger partial charge in [0.2, 0.25) is 59.1 Å². The average molecular weight is 1190 g/mol. The van der Waals surface area contributed by atoms with Gasteiger partial charge in [0.05, 0.1) is 74.1 Å². The predicted octanol–water partition coefficient (Wildman–Crippen LogP) is -3.94. The molecular weight excluding hydrogens is 1110 g/mol. The number of thioether (sulfide) groups is 1. The SMILES string of the molecule is CC[C@H](C)[C@@H]1NC(=O)CNC(=O)[C@@H]2Cc3c([nH]c4c(CSC5CCN(C(=O)CCCCCON)CC5)c(OC)ccc34)S(=O)C[C@H](NC(=O)CNC1=O)C(=O)N[C@@H](CC(N)=O)C(=O)N1C[C@H](O)C[C@H]1C(=O)N[C@@H]([C@@H](C)[C@@H](O)CO)C(=O)N2. The molecule has 1 aromatic carbocycles. The first-order valence-corrected chi connectivity index (χ1v) is 29.9. The summed E-state index contributed by atoms with van der Waals surface area (Å²) in [6.07, 6.45) is -0.485. The number of benzene rings is 1. The van der Waals surface area contributed by atoms with Crippen LogP contribution in [0, 0.1) is 11.8 Å². The summed E-state index contributed by atoms with van der Waals surface area (Å²) in [7, 11) is -0.973. The van der Waals surface area contributed by atoms with Crippen LogP contribution < -0.4 is 53.6 Å². The van der Waals surface area contributed by atoms with Crippen LogP contribution in [0.15, 0.2) is 17.2 Å². The number of aliphatic hydroxyl groups is 3. The van der Waals surface area contributed by atoms with Crippen LogP contribution in [0.5, 0.6) is 5.75 Å². The van der Waals surface area contributed by atoms with Crippen LogP contribution in [0.3, 0.4) is 0 Å². The van der Waals surface area contributed by atoms with Crippen molar-refractivity contribution in [3.8, 4) is 5.75 Å². The van der Waals surface area contributed by atoms with Gasteiger partial charge in [0.15, 0.2) is 0 Å². The highest BCUT2D eigenvalue weighted by Gasteiger charge is 2.45. The summed E-state index contributed by atoms with van der Waals surface area (Å²) in [4.78, 5) is 151. The minimum absolute atomic E-state index is 0.0609. The molecule has 4 aliphatic rings. The van der Waals surface area contributed by atoms with E-state index in [0.717, 1.165) is 17.7 Å². The average Bonchev–Trinajstić information content (AvgIpc) is 3.14. The van der Waals surface area contributed by atoms with Crippen molar-refractivity contribution >= 4 is 92.5 Å². The Labute approximate surface area is 480 Å². The molecule has 1 aromatic heterocycles. The summed E-state index contributed by atoms with van der Waals surface area (Å²) in [6.45, 7) is 3.24. The van der Waals surface area contributed by atoms with E-state index in [2.05, 4.69) is 47.0 Å². The summed E-state index contributed by atoms with van der Waals surface area (Å²) in [5.41, 5.74) is 6.67. The van der Waals surface area contributed by atoms with Crippen molar-refractivity contribution in [1.82, 2.24) is 52.0 Å². The van der Waals surface area contributed by atoms with Gasteiger partial charge in [0.25, 0.3) is 0 Å². The first-order valence-electron chi connectivity index (χ1n) is 27.5. The molecule has 2 aromatic rings. The molecule has 0 saturated carbocycles. The number of aliphatic hydroxyl groups excluding tert-OH is 3. The number of carbonyl (C=O) groups excluding carboxylic acids is 10. The van der Waals surface area contributed by atoms with E-state index in [1.165, 1.54) is 14.0 Å². The Morgan fingerprint density at radius 1 is 0.866 bits per heavy atom. The fraction of sp³-hybridized carbons (Fsp3) is 0.654. The maximum absolute atomic E-state index is 15.3. The summed E-state index contributed by atoms with van der Waals surface area (Å²) in [5, 5.41) is 49.8. The van der Waals surface area contributed by atoms with E-state index in [9.17, 15) is 63.3 Å². The minimum atomic E-state index is -2.43. The normalized spacial score (nSPS) is 26.2. The van der Waals surface area contributed by atoms with Crippen LogP contribution in [0.2, 0.25) is 0 Å². The number of hydrogen-bond donors (Lipinski definition) is 13. The van der Waals surface area contributed by atoms with Gasteiger partial charge in [-0.2, -0.15) is 11.8 Å². The molecule has 0 spiro atoms. The molecule has 1 unspecified atom stereocenters. The Morgan fingerprint density at radius 3 is 2.22 bits per heavy atom. The van der Waals surface area contributed by atoms with Gasteiger partial charge in [-0.3, -0.25) is 52.2 Å². The zero-order valence-corrected chi connectivity index (χ0v) is 48.1. The highest BCUT2D eigenvalue weighted by atomic mass is 32.2. The molecule has 6 rings (SSSR count). The molecule has 4 aliphatic heterocycles. The molecule has 15 N–H and O–H groups in total. The molecule has 454 valence electrons. The van der Waals surface area contributed by atoms with Crippen molar-refractivity contribution in [1.29, 1.82) is 0 Å². The molecule has 2 fully saturated rings. The van der Waals surface area contributed by atoms with Crippen LogP contribution in [-0.4, -0.2) is 206 Å². The summed E-state index contributed by atoms with van der Waals surface area (Å²) < 4.78 is 21.2. The molecule has 2 bridgehead atoms. The lowest BCUT2D eigenvalue weighted by atomic mass is 9.93. The number of aromatic amines is 1. The zero-order chi connectivity index (χ0) is 59.9. The number of ether oxygens (including phenoxy) is 1. The molecule has 0 radical (unpaired) electrons. The number of nitrogens with zero attached hydrogens (tertiary/aromatic N) is 2. The molecule has 2 saturated heterocycles. The standard InChI is InChI=1S/C52H78N12O16S2/c1-5-26(2)43-49(75)56-20-40(69)57-35-25-82(78)51-31(30-10-11-38(79-4)32(45(30)62-51)24-81-29-12-14-63(15-13-29)42(71)9-7-6-8-16-80-54)18-33(46(72)55-21-41(70)60-43)58-50(76)44(27(3)37(67)23-65)61-48(74)36-17-28(66)22-64(36)52(77)34(19-39(53)68)59-47(35)73/h10-11,26-29,33-37,43-44,62,65-67H,5-9,12-25,54H2,1-4H3,(H2,53,68)(H,55,72)(H,56,75)(H,57,69)(H,58,76)(H,59,73)(H,60,70)(H,61,74)/t26-,27-,28+,33-,34-,35-,36-,37-,43-,44-,82?/m0/s1. The zero-order valence-electron chi connectivity index (χ0n) is 46.5. The van der Waals surface area contributed by atoms with Gasteiger partial charge < -0.3 is 82.6 Å². The summed E-state index contributed by atoms with van der Waals surface area (Å²) in [6, 6.07) is -6.81. The van der Waals surface area contributed by atoms with Crippen LogP contribution >= 0.6 is 11.8 Å². The second kappa shape index (κ2) is 30.2. The van der Waals surface area contributed by atoms with E-state index in [0.29, 0.717) is 79.8 Å². The number of nitrogens with one attached hydrogen (secondary N) is 8. The van der Waals surface area contributed by atoms with Gasteiger partial charge >= 0.3 is 0 Å². The van der Waals surface area contributed by atoms with Crippen molar-refractivity contribution in [3.05, 3.63) is 23.3 Å². The highest BCUT2D eigenvalue weighted by Crippen LogP contribution is 2.38. The molecule has 82 heavy (non-hydrogen) atoms. The van der Waals surface area contributed by atoms with Gasteiger partial charge in [0.1, 0.15) is 47.0 Å². The lowest BCUT2D eigenvalue weighted by Crippen LogP contribution is -2.62. The first kappa shape index (κ1) is 64.7. The third-order valence-corrected chi connectivity index (χ3v) is 18.3. The molecule has 5 heterocycles. The maximum Gasteiger partial charge on any atom is 0.246 e. The molecule has 10 amide bonds. The number of hydrogen-bond acceptors (Lipinski definition) is 18. The number of carbonyl (C=O) groups is 10. The van der Waals surface area contributed by atoms with Gasteiger partial charge in [-0.05, 0) is 49.3 Å². The number of rotatable bonds is 17. The van der Waals surface area contributed by atoms with E-state index in [1.807, 2.05) is 4.90 Å². The Hall–Kier alpha value is -6.44. The number of piperidine rings is 1. The van der Waals surface area contributed by atoms with Crippen LogP contribution in [-0.2, 0) is 75.8 Å².